The number of likely N-dealkylation sites (tertiary alicyclic amines) is 1. The second-order valence-corrected chi connectivity index (χ2v) is 21.5. The lowest BCUT2D eigenvalue weighted by molar-refractivity contribution is -0.384. The van der Waals surface area contributed by atoms with E-state index in [0.29, 0.717) is 54.4 Å². The zero-order chi connectivity index (χ0) is 46.5. The fraction of sp³-hybridized carbons (Fsp3) is 0.480. The number of morpholine rings is 1. The van der Waals surface area contributed by atoms with Crippen molar-refractivity contribution in [3.05, 3.63) is 106 Å². The summed E-state index contributed by atoms with van der Waals surface area (Å²) in [6.07, 6.45) is 10.9. The Bertz CT molecular complexity index is 2780. The van der Waals surface area contributed by atoms with Gasteiger partial charge in [-0.25, -0.2) is 18.1 Å². The van der Waals surface area contributed by atoms with Crippen LogP contribution in [0, 0.1) is 15.5 Å². The SMILES string of the molecule is CC(C)c1ccccc1[C@@H]1CCCN1C1CC2(CCN(c3ccc(C(=O)NS(=O)(=O)c4cc5c(c([N+](=O)[O-])c4)N[C@@](C)(CCN4CCOCC4)CO5)c(Oc4cnc5[nH]ccc5c4)c3)CC2)C1. The first-order chi connectivity index (χ1) is 32.3. The molecule has 0 bridgehead atoms. The molecule has 16 nitrogen and oxygen atoms in total. The van der Waals surface area contributed by atoms with Crippen LogP contribution in [0.3, 0.4) is 0 Å². The van der Waals surface area contributed by atoms with Crippen molar-refractivity contribution in [1.29, 1.82) is 0 Å². The molecule has 17 heteroatoms. The molecule has 4 aliphatic heterocycles. The van der Waals surface area contributed by atoms with E-state index in [1.165, 1.54) is 42.9 Å². The van der Waals surface area contributed by atoms with Gasteiger partial charge >= 0.3 is 0 Å². The van der Waals surface area contributed by atoms with Crippen LogP contribution in [0.25, 0.3) is 11.0 Å². The maximum atomic E-state index is 14.1. The number of nitro groups is 1. The maximum absolute atomic E-state index is 14.1. The molecule has 3 N–H and O–H groups in total. The number of amides is 1. The fourth-order valence-corrected chi connectivity index (χ4v) is 12.1. The Kier molecular flexibility index (Phi) is 12.1. The molecule has 6 heterocycles. The molecule has 1 spiro atoms. The largest absolute Gasteiger partial charge is 0.489 e. The van der Waals surface area contributed by atoms with Crippen molar-refractivity contribution in [1.82, 2.24) is 24.5 Å². The lowest BCUT2D eigenvalue weighted by atomic mass is 9.59. The third-order valence-electron chi connectivity index (χ3n) is 14.9. The molecule has 5 aromatic rings. The number of benzene rings is 3. The van der Waals surface area contributed by atoms with Crippen LogP contribution < -0.4 is 24.4 Å². The topological polar surface area (TPSA) is 184 Å². The van der Waals surface area contributed by atoms with Gasteiger partial charge in [-0.3, -0.25) is 24.7 Å². The highest BCUT2D eigenvalue weighted by molar-refractivity contribution is 7.90. The smallest absolute Gasteiger partial charge is 0.297 e. The molecule has 3 saturated heterocycles. The van der Waals surface area contributed by atoms with Gasteiger partial charge in [0.15, 0.2) is 11.4 Å². The first kappa shape index (κ1) is 45.1. The van der Waals surface area contributed by atoms with Crippen LogP contribution in [0.15, 0.2) is 84.0 Å². The Labute approximate surface area is 391 Å². The molecule has 0 radical (unpaired) electrons. The molecule has 1 saturated carbocycles. The number of aromatic amines is 1. The number of nitrogens with one attached hydrogen (secondary N) is 3. The quantitative estimate of drug-likeness (QED) is 0.0757. The molecule has 1 amide bonds. The van der Waals surface area contributed by atoms with Gasteiger partial charge in [0.25, 0.3) is 21.6 Å². The van der Waals surface area contributed by atoms with E-state index in [1.807, 2.05) is 19.1 Å². The minimum Gasteiger partial charge on any atom is -0.489 e. The number of fused-ring (bicyclic) bond motifs is 2. The van der Waals surface area contributed by atoms with E-state index in [1.54, 1.807) is 30.6 Å². The van der Waals surface area contributed by atoms with Gasteiger partial charge in [-0.15, -0.1) is 0 Å². The third-order valence-corrected chi connectivity index (χ3v) is 16.2. The van der Waals surface area contributed by atoms with E-state index in [-0.39, 0.29) is 29.4 Å². The summed E-state index contributed by atoms with van der Waals surface area (Å²) >= 11 is 0. The molecule has 5 aliphatic rings. The van der Waals surface area contributed by atoms with Crippen molar-refractivity contribution in [2.24, 2.45) is 5.41 Å². The summed E-state index contributed by atoms with van der Waals surface area (Å²) in [5, 5.41) is 16.5. The monoisotopic (exact) mass is 932 g/mol. The number of carbonyl (C=O) groups excluding carboxylic acids is 1. The van der Waals surface area contributed by atoms with E-state index in [0.717, 1.165) is 69.3 Å². The number of nitro benzene ring substituents is 1. The number of H-pyrrole nitrogens is 1. The summed E-state index contributed by atoms with van der Waals surface area (Å²) in [7, 11) is -4.65. The lowest BCUT2D eigenvalue weighted by Gasteiger charge is -2.56. The van der Waals surface area contributed by atoms with Gasteiger partial charge in [0, 0.05) is 80.3 Å². The van der Waals surface area contributed by atoms with Gasteiger partial charge in [-0.05, 0) is 105 Å². The number of rotatable bonds is 13. The Morgan fingerprint density at radius 1 is 1.03 bits per heavy atom. The summed E-state index contributed by atoms with van der Waals surface area (Å²) in [5.74, 6) is 0.0587. The molecule has 4 fully saturated rings. The van der Waals surface area contributed by atoms with E-state index < -0.39 is 37.0 Å². The Morgan fingerprint density at radius 2 is 1.82 bits per heavy atom. The summed E-state index contributed by atoms with van der Waals surface area (Å²) in [5.41, 5.74) is 3.72. The van der Waals surface area contributed by atoms with E-state index >= 15 is 0 Å². The summed E-state index contributed by atoms with van der Waals surface area (Å²) in [6.45, 7) is 13.1. The molecule has 1 aliphatic carbocycles. The predicted octanol–water partition coefficient (Wildman–Crippen LogP) is 8.38. The molecule has 67 heavy (non-hydrogen) atoms. The van der Waals surface area contributed by atoms with Gasteiger partial charge in [0.1, 0.15) is 23.8 Å². The zero-order valence-electron chi connectivity index (χ0n) is 38.5. The van der Waals surface area contributed by atoms with Gasteiger partial charge in [-0.1, -0.05) is 38.1 Å². The number of pyridine rings is 1. The molecule has 10 rings (SSSR count). The van der Waals surface area contributed by atoms with Crippen LogP contribution in [-0.4, -0.2) is 110 Å². The lowest BCUT2D eigenvalue weighted by Crippen LogP contribution is -2.54. The summed E-state index contributed by atoms with van der Waals surface area (Å²) in [4.78, 5) is 40.3. The van der Waals surface area contributed by atoms with Gasteiger partial charge in [0.05, 0.1) is 40.3 Å². The highest BCUT2D eigenvalue weighted by Crippen LogP contribution is 2.54. The van der Waals surface area contributed by atoms with Crippen LogP contribution in [0.2, 0.25) is 0 Å². The summed E-state index contributed by atoms with van der Waals surface area (Å²) < 4.78 is 48.1. The van der Waals surface area contributed by atoms with Crippen LogP contribution in [0.1, 0.15) is 99.2 Å². The first-order valence-corrected chi connectivity index (χ1v) is 25.2. The van der Waals surface area contributed by atoms with Crippen molar-refractivity contribution in [3.63, 3.8) is 0 Å². The minimum atomic E-state index is -4.65. The van der Waals surface area contributed by atoms with E-state index in [2.05, 4.69) is 72.8 Å². The second kappa shape index (κ2) is 18.1. The van der Waals surface area contributed by atoms with E-state index in [9.17, 15) is 23.3 Å². The fourth-order valence-electron chi connectivity index (χ4n) is 11.1. The predicted molar refractivity (Wildman–Crippen MR) is 256 cm³/mol. The number of hydrogen-bond acceptors (Lipinski definition) is 13. The van der Waals surface area contributed by atoms with Crippen molar-refractivity contribution >= 4 is 44.0 Å². The Morgan fingerprint density at radius 3 is 2.60 bits per heavy atom. The van der Waals surface area contributed by atoms with Gasteiger partial charge in [-0.2, -0.15) is 0 Å². The highest BCUT2D eigenvalue weighted by Gasteiger charge is 2.50. The van der Waals surface area contributed by atoms with Crippen molar-refractivity contribution in [2.75, 3.05) is 69.3 Å². The number of hydrogen-bond donors (Lipinski definition) is 3. The number of nitrogens with zero attached hydrogens (tertiary/aromatic N) is 5. The minimum absolute atomic E-state index is 0.0141. The van der Waals surface area contributed by atoms with Crippen molar-refractivity contribution < 1.29 is 32.3 Å². The van der Waals surface area contributed by atoms with Crippen LogP contribution in [0.4, 0.5) is 17.1 Å². The maximum Gasteiger partial charge on any atom is 0.297 e. The molecule has 354 valence electrons. The molecule has 3 aromatic carbocycles. The van der Waals surface area contributed by atoms with Crippen molar-refractivity contribution in [3.8, 4) is 17.2 Å². The van der Waals surface area contributed by atoms with Gasteiger partial charge < -0.3 is 29.4 Å². The first-order valence-electron chi connectivity index (χ1n) is 23.7. The van der Waals surface area contributed by atoms with Crippen LogP contribution in [-0.2, 0) is 14.8 Å². The van der Waals surface area contributed by atoms with Gasteiger partial charge in [0.2, 0.25) is 0 Å². The molecular formula is C50H60N8O8S. The number of aromatic nitrogens is 2. The Balaban J connectivity index is 0.850. The van der Waals surface area contributed by atoms with Crippen LogP contribution in [0.5, 0.6) is 17.2 Å². The molecular weight excluding hydrogens is 873 g/mol. The molecule has 0 unspecified atom stereocenters. The number of sulfonamides is 1. The third kappa shape index (κ3) is 9.18. The number of piperidine rings is 1. The number of ether oxygens (including phenoxy) is 3. The second-order valence-electron chi connectivity index (χ2n) is 19.8. The standard InChI is InChI=1S/C50H60N8O8S/c1-33(2)39-7-4-5-8-40(39)42-9-6-17-57(42)36-29-50(30-36)14-19-56(20-15-50)35-10-11-41(44(26-35)66-37-25-34-12-16-51-47(34)52-31-37)48(59)54-67(62,63)38-27-43(58(60)61)46-45(28-38)65-32-49(3,53-46)13-18-55-21-23-64-24-22-55/h4-5,7-8,10-12,16,25-28,31,33,36,42,53H,6,9,13-15,17-24,29-30,32H2,1-3H3,(H,51,52)(H,54,59)/t42-,49-/m0/s1. The average Bonchev–Trinajstić information content (AvgIpc) is 4.00. The molecule has 2 aromatic heterocycles. The zero-order valence-corrected chi connectivity index (χ0v) is 39.3. The number of anilines is 2. The number of carbonyl (C=O) groups is 1. The summed E-state index contributed by atoms with van der Waals surface area (Å²) in [6, 6.07) is 21.1. The highest BCUT2D eigenvalue weighted by atomic mass is 32.2. The van der Waals surface area contributed by atoms with Crippen molar-refractivity contribution in [2.45, 2.75) is 94.2 Å². The normalized spacial score (nSPS) is 22.3. The molecule has 2 atom stereocenters. The average molecular weight is 933 g/mol. The van der Waals surface area contributed by atoms with Crippen LogP contribution >= 0.6 is 0 Å². The Hall–Kier alpha value is -5.75. The van der Waals surface area contributed by atoms with E-state index in [4.69, 9.17) is 14.2 Å².